The molecule has 3 amide bonds. The van der Waals surface area contributed by atoms with E-state index in [9.17, 15) is 9.59 Å². The van der Waals surface area contributed by atoms with E-state index >= 15 is 0 Å². The fraction of sp³-hybridized carbons (Fsp3) is 0.273. The molecule has 0 aliphatic carbocycles. The summed E-state index contributed by atoms with van der Waals surface area (Å²) in [6, 6.07) is 8.61. The van der Waals surface area contributed by atoms with Crippen molar-refractivity contribution < 1.29 is 14.3 Å². The van der Waals surface area contributed by atoms with Crippen LogP contribution in [0.4, 0.5) is 4.79 Å². The van der Waals surface area contributed by atoms with Crippen LogP contribution >= 0.6 is 0 Å². The molecule has 1 fully saturated rings. The van der Waals surface area contributed by atoms with Gasteiger partial charge in [0.2, 0.25) is 0 Å². The van der Waals surface area contributed by atoms with Gasteiger partial charge in [0.15, 0.2) is 0 Å². The van der Waals surface area contributed by atoms with Crippen LogP contribution in [-0.4, -0.2) is 24.6 Å². The van der Waals surface area contributed by atoms with Crippen molar-refractivity contribution in [2.75, 3.05) is 6.61 Å². The molecule has 84 valence electrons. The van der Waals surface area contributed by atoms with E-state index in [4.69, 9.17) is 4.74 Å². The summed E-state index contributed by atoms with van der Waals surface area (Å²) in [6.45, 7) is 0.618. The minimum Gasteiger partial charge on any atom is -0.374 e. The molecule has 2 rings (SSSR count). The van der Waals surface area contributed by atoms with Gasteiger partial charge in [0.25, 0.3) is 5.91 Å². The number of rotatable bonds is 4. The number of hydrogen-bond acceptors (Lipinski definition) is 3. The zero-order valence-electron chi connectivity index (χ0n) is 8.60. The molecule has 5 nitrogen and oxygen atoms in total. The topological polar surface area (TPSA) is 67.4 Å². The van der Waals surface area contributed by atoms with Crippen LogP contribution in [0.3, 0.4) is 0 Å². The maximum Gasteiger partial charge on any atom is 0.322 e. The van der Waals surface area contributed by atoms with Gasteiger partial charge in [-0.2, -0.15) is 0 Å². The molecule has 1 aromatic carbocycles. The molecule has 0 bridgehead atoms. The normalized spacial score (nSPS) is 19.4. The first kappa shape index (κ1) is 10.6. The molecule has 1 saturated heterocycles. The molecule has 5 heteroatoms. The van der Waals surface area contributed by atoms with Crippen LogP contribution in [0.5, 0.6) is 0 Å². The Morgan fingerprint density at radius 3 is 2.56 bits per heavy atom. The fourth-order valence-electron chi connectivity index (χ4n) is 1.45. The van der Waals surface area contributed by atoms with Gasteiger partial charge < -0.3 is 10.1 Å². The predicted molar refractivity (Wildman–Crippen MR) is 56.6 cm³/mol. The highest BCUT2D eigenvalue weighted by atomic mass is 16.5. The van der Waals surface area contributed by atoms with Gasteiger partial charge in [0.1, 0.15) is 6.04 Å². The van der Waals surface area contributed by atoms with Crippen molar-refractivity contribution in [3.05, 3.63) is 35.9 Å². The minimum atomic E-state index is -0.573. The third kappa shape index (κ3) is 2.58. The van der Waals surface area contributed by atoms with E-state index in [2.05, 4.69) is 10.6 Å². The smallest absolute Gasteiger partial charge is 0.322 e. The van der Waals surface area contributed by atoms with Gasteiger partial charge in [-0.15, -0.1) is 0 Å². The fourth-order valence-corrected chi connectivity index (χ4v) is 1.45. The largest absolute Gasteiger partial charge is 0.374 e. The minimum absolute atomic E-state index is 0.187. The number of ether oxygens (including phenoxy) is 1. The second-order valence-electron chi connectivity index (χ2n) is 3.52. The van der Waals surface area contributed by atoms with Crippen molar-refractivity contribution in [3.8, 4) is 0 Å². The third-order valence-electron chi connectivity index (χ3n) is 2.25. The first-order chi connectivity index (χ1) is 7.75. The van der Waals surface area contributed by atoms with Gasteiger partial charge in [-0.25, -0.2) is 4.79 Å². The van der Waals surface area contributed by atoms with Crippen LogP contribution in [0.15, 0.2) is 30.3 Å². The predicted octanol–water partition coefficient (Wildman–Crippen LogP) is 0.411. The lowest BCUT2D eigenvalue weighted by molar-refractivity contribution is -0.121. The monoisotopic (exact) mass is 220 g/mol. The molecule has 2 N–H and O–H groups in total. The summed E-state index contributed by atoms with van der Waals surface area (Å²) < 4.78 is 5.35. The van der Waals surface area contributed by atoms with E-state index in [1.54, 1.807) is 0 Å². The Morgan fingerprint density at radius 1 is 1.19 bits per heavy atom. The molecule has 1 aliphatic rings. The Morgan fingerprint density at radius 2 is 1.94 bits per heavy atom. The lowest BCUT2D eigenvalue weighted by Gasteiger charge is -2.08. The van der Waals surface area contributed by atoms with Gasteiger partial charge in [0.05, 0.1) is 13.2 Å². The molecule has 1 heterocycles. The van der Waals surface area contributed by atoms with Crippen molar-refractivity contribution >= 4 is 11.9 Å². The molecule has 16 heavy (non-hydrogen) atoms. The average Bonchev–Trinajstić information content (AvgIpc) is 2.59. The zero-order valence-corrected chi connectivity index (χ0v) is 8.60. The average molecular weight is 220 g/mol. The number of benzene rings is 1. The SMILES string of the molecule is O=C1NC(=O)[C@H](COCc2ccccc2)N1. The maximum atomic E-state index is 11.2. The molecule has 0 radical (unpaired) electrons. The van der Waals surface area contributed by atoms with Crippen LogP contribution < -0.4 is 10.6 Å². The summed E-state index contributed by atoms with van der Waals surface area (Å²) in [5.41, 5.74) is 1.03. The molecule has 0 aromatic heterocycles. The summed E-state index contributed by atoms with van der Waals surface area (Å²) in [6.07, 6.45) is 0. The highest BCUT2D eigenvalue weighted by molar-refractivity contribution is 6.04. The highest BCUT2D eigenvalue weighted by Gasteiger charge is 2.29. The first-order valence-electron chi connectivity index (χ1n) is 4.99. The molecular formula is C11H12N2O3. The first-order valence-corrected chi connectivity index (χ1v) is 4.99. The van der Waals surface area contributed by atoms with Crippen LogP contribution in [0.2, 0.25) is 0 Å². The van der Waals surface area contributed by atoms with E-state index in [1.165, 1.54) is 0 Å². The number of nitrogens with one attached hydrogen (secondary N) is 2. The van der Waals surface area contributed by atoms with E-state index in [1.807, 2.05) is 30.3 Å². The van der Waals surface area contributed by atoms with Gasteiger partial charge in [0, 0.05) is 0 Å². The van der Waals surface area contributed by atoms with Gasteiger partial charge in [-0.05, 0) is 5.56 Å². The number of carbonyl (C=O) groups excluding carboxylic acids is 2. The summed E-state index contributed by atoms with van der Waals surface area (Å²) in [5, 5.41) is 4.61. The van der Waals surface area contributed by atoms with Crippen LogP contribution in [0, 0.1) is 0 Å². The molecule has 0 spiro atoms. The summed E-state index contributed by atoms with van der Waals surface area (Å²) in [7, 11) is 0. The van der Waals surface area contributed by atoms with E-state index < -0.39 is 12.1 Å². The van der Waals surface area contributed by atoms with Crippen molar-refractivity contribution in [1.82, 2.24) is 10.6 Å². The number of hydrogen-bond donors (Lipinski definition) is 2. The van der Waals surface area contributed by atoms with Crippen LogP contribution in [0.25, 0.3) is 0 Å². The van der Waals surface area contributed by atoms with Gasteiger partial charge >= 0.3 is 6.03 Å². The third-order valence-corrected chi connectivity index (χ3v) is 2.25. The standard InChI is InChI=1S/C11H12N2O3/c14-10-9(12-11(15)13-10)7-16-6-8-4-2-1-3-5-8/h1-5,9H,6-7H2,(H2,12,13,14,15)/t9-/m0/s1. The van der Waals surface area contributed by atoms with Crippen molar-refractivity contribution in [2.24, 2.45) is 0 Å². The Hall–Kier alpha value is -1.88. The Kier molecular flexibility index (Phi) is 3.16. The molecule has 0 saturated carbocycles. The lowest BCUT2D eigenvalue weighted by atomic mass is 10.2. The molecule has 1 aliphatic heterocycles. The van der Waals surface area contributed by atoms with Gasteiger partial charge in [-0.1, -0.05) is 30.3 Å². The Balaban J connectivity index is 1.76. The number of carbonyl (C=O) groups is 2. The maximum absolute atomic E-state index is 11.2. The van der Waals surface area contributed by atoms with Crippen molar-refractivity contribution in [2.45, 2.75) is 12.6 Å². The van der Waals surface area contributed by atoms with E-state index in [0.717, 1.165) is 5.56 Å². The summed E-state index contributed by atoms with van der Waals surface area (Å²) in [4.78, 5) is 22.0. The van der Waals surface area contributed by atoms with Crippen molar-refractivity contribution in [3.63, 3.8) is 0 Å². The molecular weight excluding hydrogens is 208 g/mol. The molecule has 1 atom stereocenters. The lowest BCUT2D eigenvalue weighted by Crippen LogP contribution is -2.33. The number of amides is 3. The summed E-state index contributed by atoms with van der Waals surface area (Å²) in [5.74, 6) is -0.335. The van der Waals surface area contributed by atoms with Crippen LogP contribution in [0.1, 0.15) is 5.56 Å². The quantitative estimate of drug-likeness (QED) is 0.722. The summed E-state index contributed by atoms with van der Waals surface area (Å²) >= 11 is 0. The number of urea groups is 1. The van der Waals surface area contributed by atoms with Crippen molar-refractivity contribution in [1.29, 1.82) is 0 Å². The van der Waals surface area contributed by atoms with Crippen LogP contribution in [-0.2, 0) is 16.1 Å². The molecule has 1 aromatic rings. The van der Waals surface area contributed by atoms with Gasteiger partial charge in [-0.3, -0.25) is 10.1 Å². The zero-order chi connectivity index (χ0) is 11.4. The Bertz CT molecular complexity index is 391. The Labute approximate surface area is 92.8 Å². The number of imide groups is 1. The van der Waals surface area contributed by atoms with E-state index in [-0.39, 0.29) is 12.5 Å². The highest BCUT2D eigenvalue weighted by Crippen LogP contribution is 2.02. The van der Waals surface area contributed by atoms with E-state index in [0.29, 0.717) is 6.61 Å². The second kappa shape index (κ2) is 4.76. The second-order valence-corrected chi connectivity index (χ2v) is 3.52. The molecule has 0 unspecified atom stereocenters.